The van der Waals surface area contributed by atoms with Gasteiger partial charge in [-0.05, 0) is 49.1 Å². The highest BCUT2D eigenvalue weighted by Crippen LogP contribution is 2.43. The number of likely N-dealkylation sites (tertiary alicyclic amines) is 1. The average molecular weight is 533 g/mol. The first-order valence-corrected chi connectivity index (χ1v) is 14.8. The van der Waals surface area contributed by atoms with E-state index in [0.717, 1.165) is 23.3 Å². The van der Waals surface area contributed by atoms with Crippen molar-refractivity contribution in [2.24, 2.45) is 0 Å². The minimum absolute atomic E-state index is 0.0366. The van der Waals surface area contributed by atoms with Crippen molar-refractivity contribution in [3.63, 3.8) is 0 Å². The van der Waals surface area contributed by atoms with Gasteiger partial charge in [0.15, 0.2) is 5.79 Å². The summed E-state index contributed by atoms with van der Waals surface area (Å²) in [5, 5.41) is 0.439. The van der Waals surface area contributed by atoms with Gasteiger partial charge in [0, 0.05) is 49.3 Å². The van der Waals surface area contributed by atoms with Gasteiger partial charge in [-0.25, -0.2) is 0 Å². The summed E-state index contributed by atoms with van der Waals surface area (Å²) in [6.45, 7) is 5.29. The number of thioether (sulfide) groups is 1. The third-order valence-corrected chi connectivity index (χ3v) is 9.73. The fraction of sp³-hybridized carbons (Fsp3) is 0.484. The molecule has 200 valence electrons. The number of ether oxygens (including phenoxy) is 2. The predicted octanol–water partition coefficient (Wildman–Crippen LogP) is 5.40. The Hall–Kier alpha value is -2.61. The zero-order valence-corrected chi connectivity index (χ0v) is 22.9. The summed E-state index contributed by atoms with van der Waals surface area (Å²) < 4.78 is 11.6. The summed E-state index contributed by atoms with van der Waals surface area (Å²) in [6, 6.07) is 16.5. The average Bonchev–Trinajstić information content (AvgIpc) is 3.39. The molecule has 0 radical (unpaired) electrons. The lowest BCUT2D eigenvalue weighted by Gasteiger charge is -2.44. The van der Waals surface area contributed by atoms with E-state index in [4.69, 9.17) is 9.47 Å². The molecule has 2 aromatic carbocycles. The van der Waals surface area contributed by atoms with E-state index in [-0.39, 0.29) is 11.8 Å². The Morgan fingerprint density at radius 2 is 1.79 bits per heavy atom. The van der Waals surface area contributed by atoms with Crippen molar-refractivity contribution in [3.05, 3.63) is 75.7 Å². The Morgan fingerprint density at radius 1 is 1.05 bits per heavy atom. The number of carbonyl (C=O) groups excluding carboxylic acids is 2. The standard InChI is InChI=1S/C31H36N2O4S/c1-22-5-4-6-24(19-22)21-33-26-7-2-3-8-27(26)38-28(30(33)35)20-23-9-11-25(12-10-23)29(34)32-15-13-31(14-16-32)36-17-18-37-31/h4-6,9-12,19-20,26-27H,2-3,7-8,13-18,21H2,1H3/b28-20+. The molecule has 1 spiro atoms. The Labute approximate surface area is 229 Å². The molecule has 6 rings (SSSR count). The largest absolute Gasteiger partial charge is 0.347 e. The highest BCUT2D eigenvalue weighted by atomic mass is 32.2. The molecule has 2 atom stereocenters. The first-order valence-electron chi connectivity index (χ1n) is 13.9. The Morgan fingerprint density at radius 3 is 2.53 bits per heavy atom. The summed E-state index contributed by atoms with van der Waals surface area (Å²) in [7, 11) is 0. The maximum absolute atomic E-state index is 13.7. The van der Waals surface area contributed by atoms with Crippen molar-refractivity contribution < 1.29 is 19.1 Å². The van der Waals surface area contributed by atoms with Crippen LogP contribution in [0.5, 0.6) is 0 Å². The van der Waals surface area contributed by atoms with Gasteiger partial charge in [-0.1, -0.05) is 54.8 Å². The molecular formula is C31H36N2O4S. The number of benzene rings is 2. The zero-order chi connectivity index (χ0) is 26.1. The van der Waals surface area contributed by atoms with Crippen LogP contribution >= 0.6 is 11.8 Å². The van der Waals surface area contributed by atoms with Crippen molar-refractivity contribution in [3.8, 4) is 0 Å². The van der Waals surface area contributed by atoms with Gasteiger partial charge in [-0.15, -0.1) is 11.8 Å². The predicted molar refractivity (Wildman–Crippen MR) is 150 cm³/mol. The van der Waals surface area contributed by atoms with Crippen molar-refractivity contribution in [1.29, 1.82) is 0 Å². The molecule has 38 heavy (non-hydrogen) atoms. The number of hydrogen-bond donors (Lipinski definition) is 0. The number of nitrogens with zero attached hydrogens (tertiary/aromatic N) is 2. The van der Waals surface area contributed by atoms with E-state index < -0.39 is 5.79 Å². The molecule has 2 unspecified atom stereocenters. The fourth-order valence-corrected chi connectivity index (χ4v) is 7.73. The van der Waals surface area contributed by atoms with E-state index in [1.54, 1.807) is 11.8 Å². The van der Waals surface area contributed by atoms with E-state index in [0.29, 0.717) is 62.5 Å². The van der Waals surface area contributed by atoms with Crippen molar-refractivity contribution in [1.82, 2.24) is 9.80 Å². The van der Waals surface area contributed by atoms with Gasteiger partial charge < -0.3 is 19.3 Å². The van der Waals surface area contributed by atoms with Crippen LogP contribution in [0.3, 0.4) is 0 Å². The summed E-state index contributed by atoms with van der Waals surface area (Å²) in [5.41, 5.74) is 4.03. The molecular weight excluding hydrogens is 496 g/mol. The molecule has 6 nitrogen and oxygen atoms in total. The minimum Gasteiger partial charge on any atom is -0.347 e. The Bertz CT molecular complexity index is 1210. The van der Waals surface area contributed by atoms with Crippen LogP contribution in [0, 0.1) is 6.92 Å². The van der Waals surface area contributed by atoms with Crippen LogP contribution in [0.15, 0.2) is 53.4 Å². The van der Waals surface area contributed by atoms with E-state index in [1.165, 1.54) is 24.0 Å². The van der Waals surface area contributed by atoms with E-state index in [9.17, 15) is 9.59 Å². The van der Waals surface area contributed by atoms with Gasteiger partial charge >= 0.3 is 0 Å². The smallest absolute Gasteiger partial charge is 0.260 e. The van der Waals surface area contributed by atoms with Crippen LogP contribution in [0.25, 0.3) is 6.08 Å². The van der Waals surface area contributed by atoms with Crippen LogP contribution < -0.4 is 0 Å². The number of hydrogen-bond acceptors (Lipinski definition) is 5. The van der Waals surface area contributed by atoms with E-state index >= 15 is 0 Å². The SMILES string of the molecule is Cc1cccc(CN2C(=O)/C(=C\c3ccc(C(=O)N4CCC5(CC4)OCCO5)cc3)SC3CCCCC32)c1. The molecule has 4 fully saturated rings. The van der Waals surface area contributed by atoms with Crippen LogP contribution in [0.2, 0.25) is 0 Å². The molecule has 1 aliphatic carbocycles. The van der Waals surface area contributed by atoms with Gasteiger partial charge in [-0.3, -0.25) is 9.59 Å². The lowest BCUT2D eigenvalue weighted by Crippen LogP contribution is -2.50. The third kappa shape index (κ3) is 5.29. The molecule has 0 aromatic heterocycles. The zero-order valence-electron chi connectivity index (χ0n) is 22.1. The lowest BCUT2D eigenvalue weighted by molar-refractivity contribution is -0.181. The van der Waals surface area contributed by atoms with Crippen molar-refractivity contribution in [2.75, 3.05) is 26.3 Å². The molecule has 4 aliphatic rings. The van der Waals surface area contributed by atoms with Crippen LogP contribution in [0.1, 0.15) is 65.6 Å². The van der Waals surface area contributed by atoms with E-state index in [1.807, 2.05) is 35.2 Å². The molecule has 3 heterocycles. The molecule has 2 aromatic rings. The third-order valence-electron chi connectivity index (χ3n) is 8.33. The van der Waals surface area contributed by atoms with Gasteiger partial charge in [0.25, 0.3) is 11.8 Å². The highest BCUT2D eigenvalue weighted by Gasteiger charge is 2.42. The number of carbonyl (C=O) groups is 2. The van der Waals surface area contributed by atoms with Gasteiger partial charge in [0.05, 0.1) is 18.1 Å². The Balaban J connectivity index is 1.16. The summed E-state index contributed by atoms with van der Waals surface area (Å²) in [4.78, 5) is 31.6. The number of rotatable bonds is 4. The van der Waals surface area contributed by atoms with Crippen LogP contribution in [0.4, 0.5) is 0 Å². The quantitative estimate of drug-likeness (QED) is 0.494. The molecule has 3 saturated heterocycles. The number of piperidine rings is 1. The fourth-order valence-electron chi connectivity index (χ4n) is 6.26. The number of amides is 2. The van der Waals surface area contributed by atoms with E-state index in [2.05, 4.69) is 36.1 Å². The first kappa shape index (κ1) is 25.7. The minimum atomic E-state index is -0.485. The van der Waals surface area contributed by atoms with Crippen LogP contribution in [-0.4, -0.2) is 65.0 Å². The normalized spacial score (nSPS) is 26.1. The Kier molecular flexibility index (Phi) is 7.34. The van der Waals surface area contributed by atoms with Crippen LogP contribution in [-0.2, 0) is 20.8 Å². The molecule has 7 heteroatoms. The molecule has 1 saturated carbocycles. The number of fused-ring (bicyclic) bond motifs is 1. The summed E-state index contributed by atoms with van der Waals surface area (Å²) >= 11 is 1.75. The van der Waals surface area contributed by atoms with Gasteiger partial charge in [-0.2, -0.15) is 0 Å². The topological polar surface area (TPSA) is 59.1 Å². The summed E-state index contributed by atoms with van der Waals surface area (Å²) in [5.74, 6) is -0.324. The second-order valence-corrected chi connectivity index (χ2v) is 12.2. The summed E-state index contributed by atoms with van der Waals surface area (Å²) in [6.07, 6.45) is 8.06. The maximum atomic E-state index is 13.7. The lowest BCUT2D eigenvalue weighted by atomic mass is 9.92. The molecule has 0 bridgehead atoms. The highest BCUT2D eigenvalue weighted by molar-refractivity contribution is 8.04. The molecule has 0 N–H and O–H groups in total. The van der Waals surface area contributed by atoms with Gasteiger partial charge in [0.1, 0.15) is 0 Å². The second kappa shape index (κ2) is 10.9. The van der Waals surface area contributed by atoms with Crippen molar-refractivity contribution >= 4 is 29.7 Å². The monoisotopic (exact) mass is 532 g/mol. The van der Waals surface area contributed by atoms with Crippen molar-refractivity contribution in [2.45, 2.75) is 69.1 Å². The maximum Gasteiger partial charge on any atom is 0.260 e. The first-order chi connectivity index (χ1) is 18.5. The van der Waals surface area contributed by atoms with Gasteiger partial charge in [0.2, 0.25) is 0 Å². The molecule has 2 amide bonds. The molecule has 3 aliphatic heterocycles. The number of aryl methyl sites for hydroxylation is 1. The second-order valence-electron chi connectivity index (χ2n) is 11.0.